The number of ether oxygens (including phenoxy) is 1. The van der Waals surface area contributed by atoms with Gasteiger partial charge in [-0.15, -0.1) is 11.3 Å². The molecule has 2 aromatic rings. The minimum atomic E-state index is -0.0347. The van der Waals surface area contributed by atoms with Crippen molar-refractivity contribution in [2.75, 3.05) is 6.61 Å². The van der Waals surface area contributed by atoms with Crippen LogP contribution in [-0.4, -0.2) is 6.61 Å². The zero-order chi connectivity index (χ0) is 13.0. The number of nitrogens with two attached hydrogens (primary N) is 1. The zero-order valence-electron chi connectivity index (χ0n) is 10.0. The van der Waals surface area contributed by atoms with Crippen LogP contribution in [-0.2, 0) is 0 Å². The van der Waals surface area contributed by atoms with Crippen LogP contribution in [0.3, 0.4) is 0 Å². The molecule has 1 atom stereocenters. The lowest BCUT2D eigenvalue weighted by Crippen LogP contribution is -2.28. The Morgan fingerprint density at radius 1 is 1.44 bits per heavy atom. The predicted molar refractivity (Wildman–Crippen MR) is 83.8 cm³/mol. The Bertz CT molecular complexity index is 515. The van der Waals surface area contributed by atoms with Gasteiger partial charge in [-0.1, -0.05) is 18.2 Å². The fourth-order valence-corrected chi connectivity index (χ4v) is 3.24. The first-order chi connectivity index (χ1) is 8.76. The number of hydrazine groups is 1. The molecule has 0 fully saturated rings. The molecule has 0 saturated heterocycles. The third-order valence-electron chi connectivity index (χ3n) is 2.62. The number of rotatable bonds is 5. The van der Waals surface area contributed by atoms with E-state index in [9.17, 15) is 0 Å². The van der Waals surface area contributed by atoms with E-state index in [0.29, 0.717) is 6.61 Å². The van der Waals surface area contributed by atoms with Crippen LogP contribution < -0.4 is 16.0 Å². The van der Waals surface area contributed by atoms with E-state index in [4.69, 9.17) is 10.6 Å². The second-order valence-electron chi connectivity index (χ2n) is 3.75. The number of benzene rings is 1. The molecule has 18 heavy (non-hydrogen) atoms. The van der Waals surface area contributed by atoms with Gasteiger partial charge in [0.2, 0.25) is 0 Å². The predicted octanol–water partition coefficient (Wildman–Crippen LogP) is 3.30. The summed E-state index contributed by atoms with van der Waals surface area (Å²) in [6.07, 6.45) is 0. The van der Waals surface area contributed by atoms with Crippen molar-refractivity contribution in [3.8, 4) is 5.75 Å². The summed E-state index contributed by atoms with van der Waals surface area (Å²) in [6, 6.07) is 10.1. The molecule has 1 aromatic heterocycles. The molecule has 0 saturated carbocycles. The lowest BCUT2D eigenvalue weighted by Gasteiger charge is -2.18. The van der Waals surface area contributed by atoms with Gasteiger partial charge in [-0.05, 0) is 52.6 Å². The van der Waals surface area contributed by atoms with Crippen molar-refractivity contribution in [2.45, 2.75) is 13.0 Å². The van der Waals surface area contributed by atoms with E-state index in [0.717, 1.165) is 11.3 Å². The summed E-state index contributed by atoms with van der Waals surface area (Å²) < 4.78 is 6.90. The van der Waals surface area contributed by atoms with E-state index in [-0.39, 0.29) is 6.04 Å². The van der Waals surface area contributed by atoms with Crippen LogP contribution in [0.4, 0.5) is 0 Å². The van der Waals surface area contributed by atoms with Gasteiger partial charge in [-0.25, -0.2) is 5.43 Å². The third kappa shape index (κ3) is 3.03. The molecule has 5 heteroatoms. The summed E-state index contributed by atoms with van der Waals surface area (Å²) in [6.45, 7) is 2.63. The fraction of sp³-hybridized carbons (Fsp3) is 0.231. The lowest BCUT2D eigenvalue weighted by atomic mass is 10.0. The summed E-state index contributed by atoms with van der Waals surface area (Å²) in [5.74, 6) is 6.59. The molecule has 1 aromatic carbocycles. The van der Waals surface area contributed by atoms with Crippen LogP contribution >= 0.6 is 33.9 Å². The van der Waals surface area contributed by atoms with E-state index in [1.54, 1.807) is 11.3 Å². The first-order valence-electron chi connectivity index (χ1n) is 5.68. The van der Waals surface area contributed by atoms with Crippen molar-refractivity contribution >= 4 is 33.9 Å². The molecule has 3 nitrogen and oxygen atoms in total. The Morgan fingerprint density at radius 3 is 2.83 bits per heavy atom. The largest absolute Gasteiger partial charge is 0.494 e. The van der Waals surface area contributed by atoms with E-state index >= 15 is 0 Å². The molecule has 0 radical (unpaired) electrons. The molecule has 0 amide bonds. The highest BCUT2D eigenvalue weighted by Crippen LogP contribution is 2.32. The molecule has 0 bridgehead atoms. The second-order valence-corrected chi connectivity index (χ2v) is 6.56. The van der Waals surface area contributed by atoms with Crippen LogP contribution in [0.1, 0.15) is 24.1 Å². The summed E-state index contributed by atoms with van der Waals surface area (Å²) in [5.41, 5.74) is 5.10. The van der Waals surface area contributed by atoms with Gasteiger partial charge in [0.15, 0.2) is 0 Å². The minimum absolute atomic E-state index is 0.0347. The summed E-state index contributed by atoms with van der Waals surface area (Å²) in [5, 5.41) is 2.12. The van der Waals surface area contributed by atoms with Crippen LogP contribution in [0.15, 0.2) is 35.7 Å². The highest BCUT2D eigenvalue weighted by atomic mass is 127. The fourth-order valence-electron chi connectivity index (χ4n) is 1.85. The number of halogens is 1. The maximum absolute atomic E-state index is 5.71. The molecule has 0 spiro atoms. The van der Waals surface area contributed by atoms with Crippen LogP contribution in [0.25, 0.3) is 0 Å². The topological polar surface area (TPSA) is 47.3 Å². The standard InChI is InChI=1S/C13H15IN2OS/c1-2-17-11-6-4-3-5-10(11)13(16-15)9-7-12(14)18-8-9/h3-8,13,16H,2,15H2,1H3. The van der Waals surface area contributed by atoms with Crippen LogP contribution in [0.2, 0.25) is 0 Å². The average Bonchev–Trinajstić information content (AvgIpc) is 2.79. The normalized spacial score (nSPS) is 12.4. The Labute approximate surface area is 124 Å². The van der Waals surface area contributed by atoms with Gasteiger partial charge >= 0.3 is 0 Å². The van der Waals surface area contributed by atoms with Gasteiger partial charge < -0.3 is 4.74 Å². The molecular weight excluding hydrogens is 359 g/mol. The number of thiophene rings is 1. The number of hydrogen-bond donors (Lipinski definition) is 2. The van der Waals surface area contributed by atoms with Gasteiger partial charge in [-0.2, -0.15) is 0 Å². The Hall–Kier alpha value is -0.630. The monoisotopic (exact) mass is 374 g/mol. The molecule has 0 aliphatic rings. The number of nitrogens with one attached hydrogen (secondary N) is 1. The van der Waals surface area contributed by atoms with Gasteiger partial charge in [-0.3, -0.25) is 5.84 Å². The molecule has 1 unspecified atom stereocenters. The van der Waals surface area contributed by atoms with Crippen molar-refractivity contribution in [2.24, 2.45) is 5.84 Å². The van der Waals surface area contributed by atoms with Crippen molar-refractivity contribution in [3.05, 3.63) is 49.7 Å². The Morgan fingerprint density at radius 2 is 2.22 bits per heavy atom. The molecule has 3 N–H and O–H groups in total. The molecule has 0 aliphatic heterocycles. The third-order valence-corrected chi connectivity index (χ3v) is 4.42. The van der Waals surface area contributed by atoms with Crippen molar-refractivity contribution < 1.29 is 4.74 Å². The van der Waals surface area contributed by atoms with Crippen LogP contribution in [0.5, 0.6) is 5.75 Å². The first kappa shape index (κ1) is 13.8. The van der Waals surface area contributed by atoms with Gasteiger partial charge in [0.1, 0.15) is 5.75 Å². The smallest absolute Gasteiger partial charge is 0.124 e. The maximum atomic E-state index is 5.71. The lowest BCUT2D eigenvalue weighted by molar-refractivity contribution is 0.333. The highest BCUT2D eigenvalue weighted by molar-refractivity contribution is 14.1. The van der Waals surface area contributed by atoms with Crippen molar-refractivity contribution in [3.63, 3.8) is 0 Å². The van der Waals surface area contributed by atoms with E-state index in [2.05, 4.69) is 39.5 Å². The molecular formula is C13H15IN2OS. The SMILES string of the molecule is CCOc1ccccc1C(NN)c1csc(I)c1. The Kier molecular flexibility index (Phi) is 4.99. The highest BCUT2D eigenvalue weighted by Gasteiger charge is 2.17. The summed E-state index contributed by atoms with van der Waals surface area (Å²) >= 11 is 4.03. The summed E-state index contributed by atoms with van der Waals surface area (Å²) in [7, 11) is 0. The zero-order valence-corrected chi connectivity index (χ0v) is 13.0. The van der Waals surface area contributed by atoms with Gasteiger partial charge in [0, 0.05) is 5.56 Å². The van der Waals surface area contributed by atoms with E-state index < -0.39 is 0 Å². The van der Waals surface area contributed by atoms with Crippen molar-refractivity contribution in [1.29, 1.82) is 0 Å². The second kappa shape index (κ2) is 6.51. The van der Waals surface area contributed by atoms with E-state index in [1.807, 2.05) is 31.2 Å². The molecule has 1 heterocycles. The van der Waals surface area contributed by atoms with Crippen LogP contribution in [0, 0.1) is 2.88 Å². The average molecular weight is 374 g/mol. The number of para-hydroxylation sites is 1. The molecule has 2 rings (SSSR count). The van der Waals surface area contributed by atoms with E-state index in [1.165, 1.54) is 8.45 Å². The maximum Gasteiger partial charge on any atom is 0.124 e. The summed E-state index contributed by atoms with van der Waals surface area (Å²) in [4.78, 5) is 0. The first-order valence-corrected chi connectivity index (χ1v) is 7.64. The molecule has 0 aliphatic carbocycles. The van der Waals surface area contributed by atoms with Crippen molar-refractivity contribution in [1.82, 2.24) is 5.43 Å². The quantitative estimate of drug-likeness (QED) is 0.480. The Balaban J connectivity index is 2.38. The minimum Gasteiger partial charge on any atom is -0.494 e. The number of hydrogen-bond acceptors (Lipinski definition) is 4. The molecule has 96 valence electrons. The van der Waals surface area contributed by atoms with Gasteiger partial charge in [0.25, 0.3) is 0 Å². The van der Waals surface area contributed by atoms with Gasteiger partial charge in [0.05, 0.1) is 15.5 Å².